The van der Waals surface area contributed by atoms with Gasteiger partial charge in [0.25, 0.3) is 0 Å². The Morgan fingerprint density at radius 3 is 2.33 bits per heavy atom. The second-order valence-corrected chi connectivity index (χ2v) is 1.04. The molecular formula is C3H6O2S. The molecule has 0 aromatic rings. The largest absolute Gasteiger partial charge is 0.509 e. The molecule has 0 aliphatic heterocycles. The number of aliphatic hydroxyl groups excluding tert-OH is 2. The molecule has 0 atom stereocenters. The van der Waals surface area contributed by atoms with E-state index in [4.69, 9.17) is 10.2 Å². The Hall–Kier alpha value is -0.150. The molecule has 0 aromatic heterocycles. The van der Waals surface area contributed by atoms with Crippen LogP contribution in [0.5, 0.6) is 0 Å². The maximum Gasteiger partial charge on any atom is 0.124 e. The molecular weight excluding hydrogens is 100 g/mol. The lowest BCUT2D eigenvalue weighted by molar-refractivity contribution is 0.254. The minimum Gasteiger partial charge on any atom is -0.509 e. The van der Waals surface area contributed by atoms with Gasteiger partial charge >= 0.3 is 0 Å². The Morgan fingerprint density at radius 1 is 1.83 bits per heavy atom. The zero-order valence-corrected chi connectivity index (χ0v) is 4.02. The first-order chi connectivity index (χ1) is 2.81. The van der Waals surface area contributed by atoms with Crippen molar-refractivity contribution in [1.29, 1.82) is 0 Å². The smallest absolute Gasteiger partial charge is 0.124 e. The number of thiol groups is 1. The SMILES string of the molecule is OC/C(O)=C\S. The van der Waals surface area contributed by atoms with Gasteiger partial charge in [0.2, 0.25) is 0 Å². The summed E-state index contributed by atoms with van der Waals surface area (Å²) in [5.41, 5.74) is 0. The highest BCUT2D eigenvalue weighted by Crippen LogP contribution is 1.85. The van der Waals surface area contributed by atoms with Gasteiger partial charge in [-0.15, -0.1) is 12.6 Å². The maximum absolute atomic E-state index is 8.20. The predicted octanol–water partition coefficient (Wildman–Crippen LogP) is 0.308. The van der Waals surface area contributed by atoms with E-state index in [2.05, 4.69) is 12.6 Å². The summed E-state index contributed by atoms with van der Waals surface area (Å²) in [4.78, 5) is 0. The van der Waals surface area contributed by atoms with Crippen LogP contribution in [0, 0.1) is 0 Å². The van der Waals surface area contributed by atoms with Crippen LogP contribution in [0.3, 0.4) is 0 Å². The van der Waals surface area contributed by atoms with Crippen molar-refractivity contribution >= 4 is 12.6 Å². The Bertz CT molecular complexity index is 59.8. The standard InChI is InChI=1S/C3H6O2S/c4-1-3(5)2-6/h2,4-6H,1H2/b3-2+. The fourth-order valence-corrected chi connectivity index (χ4v) is 0.122. The van der Waals surface area contributed by atoms with Crippen LogP contribution < -0.4 is 0 Å². The molecule has 0 spiro atoms. The molecule has 0 amide bonds. The predicted molar refractivity (Wildman–Crippen MR) is 26.8 cm³/mol. The molecule has 0 fully saturated rings. The van der Waals surface area contributed by atoms with Gasteiger partial charge in [-0.25, -0.2) is 0 Å². The third-order valence-electron chi connectivity index (χ3n) is 0.311. The van der Waals surface area contributed by atoms with E-state index in [1.54, 1.807) is 0 Å². The van der Waals surface area contributed by atoms with Crippen molar-refractivity contribution in [2.75, 3.05) is 6.61 Å². The summed E-state index contributed by atoms with van der Waals surface area (Å²) < 4.78 is 0. The summed E-state index contributed by atoms with van der Waals surface area (Å²) in [5, 5.41) is 17.3. The van der Waals surface area contributed by atoms with Gasteiger partial charge in [0.1, 0.15) is 12.4 Å². The molecule has 0 aliphatic carbocycles. The fourth-order valence-electron chi connectivity index (χ4n) is 0.0408. The highest BCUT2D eigenvalue weighted by molar-refractivity contribution is 7.83. The summed E-state index contributed by atoms with van der Waals surface area (Å²) in [5.74, 6) is -0.113. The van der Waals surface area contributed by atoms with Crippen molar-refractivity contribution < 1.29 is 10.2 Å². The van der Waals surface area contributed by atoms with Crippen LogP contribution in [0.25, 0.3) is 0 Å². The molecule has 36 valence electrons. The topological polar surface area (TPSA) is 40.5 Å². The van der Waals surface area contributed by atoms with Crippen molar-refractivity contribution in [1.82, 2.24) is 0 Å². The summed E-state index contributed by atoms with van der Waals surface area (Å²) in [6, 6.07) is 0. The summed E-state index contributed by atoms with van der Waals surface area (Å²) >= 11 is 3.52. The van der Waals surface area contributed by atoms with E-state index < -0.39 is 0 Å². The molecule has 2 nitrogen and oxygen atoms in total. The van der Waals surface area contributed by atoms with Gasteiger partial charge in [-0.1, -0.05) is 0 Å². The van der Waals surface area contributed by atoms with Crippen LogP contribution in [0.2, 0.25) is 0 Å². The molecule has 0 aromatic carbocycles. The van der Waals surface area contributed by atoms with Crippen LogP contribution >= 0.6 is 12.6 Å². The van der Waals surface area contributed by atoms with E-state index in [9.17, 15) is 0 Å². The average Bonchev–Trinajstić information content (AvgIpc) is 1.65. The van der Waals surface area contributed by atoms with Gasteiger partial charge in [-0.2, -0.15) is 0 Å². The number of hydrogen-bond acceptors (Lipinski definition) is 3. The molecule has 6 heavy (non-hydrogen) atoms. The van der Waals surface area contributed by atoms with Gasteiger partial charge in [-0.05, 0) is 0 Å². The van der Waals surface area contributed by atoms with E-state index in [-0.39, 0.29) is 12.4 Å². The minimum atomic E-state index is -0.330. The van der Waals surface area contributed by atoms with E-state index in [1.165, 1.54) is 0 Å². The van der Waals surface area contributed by atoms with Crippen LogP contribution in [-0.2, 0) is 0 Å². The molecule has 0 bridgehead atoms. The summed E-state index contributed by atoms with van der Waals surface area (Å²) in [7, 11) is 0. The molecule has 0 unspecified atom stereocenters. The second-order valence-electron chi connectivity index (χ2n) is 0.779. The van der Waals surface area contributed by atoms with Gasteiger partial charge in [0, 0.05) is 5.41 Å². The molecule has 0 heterocycles. The van der Waals surface area contributed by atoms with E-state index in [0.717, 1.165) is 5.41 Å². The maximum atomic E-state index is 8.20. The third-order valence-corrected chi connectivity index (χ3v) is 0.609. The van der Waals surface area contributed by atoms with Gasteiger partial charge in [0.15, 0.2) is 0 Å². The molecule has 0 radical (unpaired) electrons. The average molecular weight is 106 g/mol. The molecule has 3 heteroatoms. The third kappa shape index (κ3) is 2.11. The lowest BCUT2D eigenvalue weighted by Gasteiger charge is -1.83. The second kappa shape index (κ2) is 3.06. The van der Waals surface area contributed by atoms with Crippen molar-refractivity contribution in [3.63, 3.8) is 0 Å². The van der Waals surface area contributed by atoms with E-state index >= 15 is 0 Å². The lowest BCUT2D eigenvalue weighted by Crippen LogP contribution is -1.83. The van der Waals surface area contributed by atoms with Crippen LogP contribution in [0.15, 0.2) is 11.2 Å². The van der Waals surface area contributed by atoms with Crippen LogP contribution in [0.4, 0.5) is 0 Å². The summed E-state index contributed by atoms with van der Waals surface area (Å²) in [6.07, 6.45) is 0. The van der Waals surface area contributed by atoms with Crippen LogP contribution in [-0.4, -0.2) is 16.8 Å². The molecule has 0 saturated heterocycles. The summed E-state index contributed by atoms with van der Waals surface area (Å²) in [6.45, 7) is -0.330. The Morgan fingerprint density at radius 2 is 2.33 bits per heavy atom. The monoisotopic (exact) mass is 106 g/mol. The van der Waals surface area contributed by atoms with Crippen LogP contribution in [0.1, 0.15) is 0 Å². The highest BCUT2D eigenvalue weighted by Gasteiger charge is 1.78. The number of rotatable bonds is 1. The van der Waals surface area contributed by atoms with Gasteiger partial charge in [0.05, 0.1) is 0 Å². The van der Waals surface area contributed by atoms with Crippen molar-refractivity contribution in [3.8, 4) is 0 Å². The zero-order chi connectivity index (χ0) is 4.99. The van der Waals surface area contributed by atoms with Crippen molar-refractivity contribution in [2.24, 2.45) is 0 Å². The number of hydrogen-bond donors (Lipinski definition) is 3. The molecule has 0 rings (SSSR count). The molecule has 2 N–H and O–H groups in total. The fraction of sp³-hybridized carbons (Fsp3) is 0.333. The quantitative estimate of drug-likeness (QED) is 0.332. The highest BCUT2D eigenvalue weighted by atomic mass is 32.1. The molecule has 0 aliphatic rings. The minimum absolute atomic E-state index is 0.113. The first-order valence-electron chi connectivity index (χ1n) is 1.44. The van der Waals surface area contributed by atoms with Gasteiger partial charge in [-0.3, -0.25) is 0 Å². The molecule has 0 saturated carbocycles. The Labute approximate surface area is 41.5 Å². The first-order valence-corrected chi connectivity index (χ1v) is 1.96. The Kier molecular flexibility index (Phi) is 2.98. The van der Waals surface area contributed by atoms with Crippen molar-refractivity contribution in [3.05, 3.63) is 11.2 Å². The number of aliphatic hydroxyl groups is 2. The van der Waals surface area contributed by atoms with Gasteiger partial charge < -0.3 is 10.2 Å². The van der Waals surface area contributed by atoms with E-state index in [0.29, 0.717) is 0 Å². The first kappa shape index (κ1) is 5.85. The lowest BCUT2D eigenvalue weighted by atomic mass is 10.6. The van der Waals surface area contributed by atoms with E-state index in [1.807, 2.05) is 0 Å². The zero-order valence-electron chi connectivity index (χ0n) is 3.13. The normalized spacial score (nSPS) is 12.0. The van der Waals surface area contributed by atoms with Crippen molar-refractivity contribution in [2.45, 2.75) is 0 Å². The Balaban J connectivity index is 3.22.